The van der Waals surface area contributed by atoms with Crippen LogP contribution in [0.5, 0.6) is 5.75 Å². The van der Waals surface area contributed by atoms with E-state index in [4.69, 9.17) is 5.73 Å². The van der Waals surface area contributed by atoms with Crippen molar-refractivity contribution >= 4 is 5.91 Å². The Kier molecular flexibility index (Phi) is 4.43. The van der Waals surface area contributed by atoms with Gasteiger partial charge in [-0.3, -0.25) is 4.79 Å². The van der Waals surface area contributed by atoms with E-state index >= 15 is 0 Å². The van der Waals surface area contributed by atoms with E-state index in [2.05, 4.69) is 0 Å². The van der Waals surface area contributed by atoms with Gasteiger partial charge in [-0.25, -0.2) is 0 Å². The molecule has 0 spiro atoms. The SMILES string of the molecule is Cc1ccc(C(=O)N2CCCC2CCCN)c(O)c1. The zero-order chi connectivity index (χ0) is 13.8. The van der Waals surface area contributed by atoms with Gasteiger partial charge in [0, 0.05) is 12.6 Å². The van der Waals surface area contributed by atoms with Crippen LogP contribution in [0.2, 0.25) is 0 Å². The minimum atomic E-state index is -0.0583. The molecule has 1 saturated heterocycles. The van der Waals surface area contributed by atoms with Gasteiger partial charge in [0.05, 0.1) is 5.56 Å². The lowest BCUT2D eigenvalue weighted by Gasteiger charge is -2.25. The molecule has 1 fully saturated rings. The normalized spacial score (nSPS) is 18.8. The summed E-state index contributed by atoms with van der Waals surface area (Å²) < 4.78 is 0. The molecule has 4 nitrogen and oxygen atoms in total. The quantitative estimate of drug-likeness (QED) is 0.872. The zero-order valence-electron chi connectivity index (χ0n) is 11.4. The Balaban J connectivity index is 2.13. The Morgan fingerprint density at radius 1 is 1.53 bits per heavy atom. The van der Waals surface area contributed by atoms with E-state index in [0.717, 1.165) is 37.8 Å². The number of nitrogens with two attached hydrogens (primary N) is 1. The largest absolute Gasteiger partial charge is 0.507 e. The molecule has 1 unspecified atom stereocenters. The monoisotopic (exact) mass is 262 g/mol. The van der Waals surface area contributed by atoms with Crippen LogP contribution < -0.4 is 5.73 Å². The summed E-state index contributed by atoms with van der Waals surface area (Å²) in [6.45, 7) is 3.34. The number of carbonyl (C=O) groups is 1. The molecular weight excluding hydrogens is 240 g/mol. The van der Waals surface area contributed by atoms with Crippen LogP contribution in [0.1, 0.15) is 41.6 Å². The lowest BCUT2D eigenvalue weighted by atomic mass is 10.1. The molecule has 2 rings (SSSR count). The first-order valence-corrected chi connectivity index (χ1v) is 6.94. The summed E-state index contributed by atoms with van der Waals surface area (Å²) in [6.07, 6.45) is 3.97. The Hall–Kier alpha value is -1.55. The molecule has 1 heterocycles. The van der Waals surface area contributed by atoms with E-state index in [1.807, 2.05) is 17.9 Å². The number of aromatic hydroxyl groups is 1. The number of benzene rings is 1. The maximum Gasteiger partial charge on any atom is 0.257 e. The smallest absolute Gasteiger partial charge is 0.257 e. The lowest BCUT2D eigenvalue weighted by Crippen LogP contribution is -2.35. The van der Waals surface area contributed by atoms with E-state index in [1.165, 1.54) is 0 Å². The van der Waals surface area contributed by atoms with Crippen molar-refractivity contribution in [2.45, 2.75) is 38.6 Å². The average molecular weight is 262 g/mol. The Morgan fingerprint density at radius 2 is 2.32 bits per heavy atom. The number of phenols is 1. The molecule has 19 heavy (non-hydrogen) atoms. The van der Waals surface area contributed by atoms with Gasteiger partial charge in [0.25, 0.3) is 5.91 Å². The van der Waals surface area contributed by atoms with Crippen LogP contribution in [0.25, 0.3) is 0 Å². The van der Waals surface area contributed by atoms with Crippen LogP contribution in [0.15, 0.2) is 18.2 Å². The Bertz CT molecular complexity index is 459. The fraction of sp³-hybridized carbons (Fsp3) is 0.533. The summed E-state index contributed by atoms with van der Waals surface area (Å²) in [6, 6.07) is 5.48. The van der Waals surface area contributed by atoms with Gasteiger partial charge in [-0.2, -0.15) is 0 Å². The van der Waals surface area contributed by atoms with Crippen LogP contribution in [0.3, 0.4) is 0 Å². The second-order valence-corrected chi connectivity index (χ2v) is 5.25. The lowest BCUT2D eigenvalue weighted by molar-refractivity contribution is 0.0726. The number of rotatable bonds is 4. The molecule has 4 heteroatoms. The van der Waals surface area contributed by atoms with Gasteiger partial charge in [0.2, 0.25) is 0 Å². The van der Waals surface area contributed by atoms with Crippen molar-refractivity contribution in [3.05, 3.63) is 29.3 Å². The summed E-state index contributed by atoms with van der Waals surface area (Å²) in [5.74, 6) is 0.0199. The van der Waals surface area contributed by atoms with Gasteiger partial charge in [0.1, 0.15) is 5.75 Å². The van der Waals surface area contributed by atoms with Crippen LogP contribution in [0, 0.1) is 6.92 Å². The molecule has 3 N–H and O–H groups in total. The highest BCUT2D eigenvalue weighted by Crippen LogP contribution is 2.27. The van der Waals surface area contributed by atoms with E-state index in [9.17, 15) is 9.90 Å². The van der Waals surface area contributed by atoms with Crippen molar-refractivity contribution in [1.82, 2.24) is 4.90 Å². The third-order valence-corrected chi connectivity index (χ3v) is 3.76. The molecule has 0 radical (unpaired) electrons. The molecule has 1 aromatic rings. The van der Waals surface area contributed by atoms with Crippen molar-refractivity contribution in [2.24, 2.45) is 5.73 Å². The fourth-order valence-electron chi connectivity index (χ4n) is 2.73. The summed E-state index contributed by atoms with van der Waals surface area (Å²) in [5, 5.41) is 9.92. The predicted molar refractivity (Wildman–Crippen MR) is 75.2 cm³/mol. The van der Waals surface area contributed by atoms with Crippen molar-refractivity contribution in [2.75, 3.05) is 13.1 Å². The second-order valence-electron chi connectivity index (χ2n) is 5.25. The van der Waals surface area contributed by atoms with Gasteiger partial charge >= 0.3 is 0 Å². The standard InChI is InChI=1S/C15H22N2O2/c1-11-6-7-13(14(18)10-11)15(19)17-9-3-5-12(17)4-2-8-16/h6-7,10,12,18H,2-5,8-9,16H2,1H3. The number of aryl methyl sites for hydroxylation is 1. The number of amides is 1. The van der Waals surface area contributed by atoms with E-state index in [1.54, 1.807) is 12.1 Å². The molecule has 1 aromatic carbocycles. The minimum absolute atomic E-state index is 0.0583. The van der Waals surface area contributed by atoms with Crippen molar-refractivity contribution < 1.29 is 9.90 Å². The first-order valence-electron chi connectivity index (χ1n) is 6.94. The highest BCUT2D eigenvalue weighted by atomic mass is 16.3. The number of nitrogens with zero attached hydrogens (tertiary/aromatic N) is 1. The summed E-state index contributed by atoms with van der Waals surface area (Å²) in [7, 11) is 0. The zero-order valence-corrected chi connectivity index (χ0v) is 11.4. The first-order chi connectivity index (χ1) is 9.13. The molecule has 1 amide bonds. The van der Waals surface area contributed by atoms with Crippen LogP contribution in [-0.2, 0) is 0 Å². The van der Waals surface area contributed by atoms with Crippen molar-refractivity contribution in [3.8, 4) is 5.75 Å². The highest BCUT2D eigenvalue weighted by Gasteiger charge is 2.29. The number of phenolic OH excluding ortho intramolecular Hbond substituents is 1. The Labute approximate surface area is 114 Å². The van der Waals surface area contributed by atoms with E-state index < -0.39 is 0 Å². The highest BCUT2D eigenvalue weighted by molar-refractivity contribution is 5.97. The maximum atomic E-state index is 12.5. The molecule has 104 valence electrons. The Morgan fingerprint density at radius 3 is 3.00 bits per heavy atom. The van der Waals surface area contributed by atoms with E-state index in [0.29, 0.717) is 12.1 Å². The minimum Gasteiger partial charge on any atom is -0.507 e. The van der Waals surface area contributed by atoms with Gasteiger partial charge in [0.15, 0.2) is 0 Å². The third-order valence-electron chi connectivity index (χ3n) is 3.76. The third kappa shape index (κ3) is 3.07. The molecule has 0 aromatic heterocycles. The predicted octanol–water partition coefficient (Wildman–Crippen LogP) is 2.04. The van der Waals surface area contributed by atoms with Crippen molar-refractivity contribution in [1.29, 1.82) is 0 Å². The first kappa shape index (κ1) is 13.9. The molecular formula is C15H22N2O2. The molecule has 0 aliphatic carbocycles. The molecule has 1 aliphatic rings. The molecule has 0 saturated carbocycles. The average Bonchev–Trinajstić information content (AvgIpc) is 2.83. The van der Waals surface area contributed by atoms with Gasteiger partial charge < -0.3 is 15.7 Å². The summed E-state index contributed by atoms with van der Waals surface area (Å²) in [4.78, 5) is 14.4. The van der Waals surface area contributed by atoms with Gasteiger partial charge in [-0.05, 0) is 56.8 Å². The van der Waals surface area contributed by atoms with Gasteiger partial charge in [-0.1, -0.05) is 6.07 Å². The second kappa shape index (κ2) is 6.06. The maximum absolute atomic E-state index is 12.5. The molecule has 0 bridgehead atoms. The number of hydrogen-bond donors (Lipinski definition) is 2. The summed E-state index contributed by atoms with van der Waals surface area (Å²) in [5.41, 5.74) is 6.90. The van der Waals surface area contributed by atoms with Crippen LogP contribution in [0.4, 0.5) is 0 Å². The van der Waals surface area contributed by atoms with Crippen molar-refractivity contribution in [3.63, 3.8) is 0 Å². The topological polar surface area (TPSA) is 66.6 Å². The number of carbonyl (C=O) groups excluding carboxylic acids is 1. The van der Waals surface area contributed by atoms with E-state index in [-0.39, 0.29) is 17.7 Å². The number of hydrogen-bond acceptors (Lipinski definition) is 3. The van der Waals surface area contributed by atoms with Crippen LogP contribution in [-0.4, -0.2) is 35.0 Å². The van der Waals surface area contributed by atoms with Gasteiger partial charge in [-0.15, -0.1) is 0 Å². The summed E-state index contributed by atoms with van der Waals surface area (Å²) >= 11 is 0. The fourth-order valence-corrected chi connectivity index (χ4v) is 2.73. The molecule has 1 atom stereocenters. The molecule has 1 aliphatic heterocycles. The number of likely N-dealkylation sites (tertiary alicyclic amines) is 1. The van der Waals surface area contributed by atoms with Crippen LogP contribution >= 0.6 is 0 Å².